The van der Waals surface area contributed by atoms with Crippen LogP contribution in [-0.2, 0) is 18.3 Å². The largest absolute Gasteiger partial charge is 0.444 e. The molecule has 0 aromatic carbocycles. The molecule has 1 aliphatic heterocycles. The van der Waals surface area contributed by atoms with Gasteiger partial charge in [-0.05, 0) is 34.1 Å². The van der Waals surface area contributed by atoms with Crippen molar-refractivity contribution in [1.29, 1.82) is 0 Å². The fourth-order valence-corrected chi connectivity index (χ4v) is 2.50. The number of hydrogen-bond donors (Lipinski definition) is 1. The lowest BCUT2D eigenvalue weighted by atomic mass is 10.2. The summed E-state index contributed by atoms with van der Waals surface area (Å²) in [4.78, 5) is 13.8. The molecule has 2 heterocycles. The standard InChI is InChI=1S/C15H26N4O2/c1-11-12(9-18(5)17-11)8-16-13-6-7-19(10-13)14(20)21-15(2,3)4/h9,13,16H,6-8,10H2,1-5H3. The monoisotopic (exact) mass is 294 g/mol. The third-order valence-corrected chi connectivity index (χ3v) is 3.54. The van der Waals surface area contributed by atoms with Crippen LogP contribution >= 0.6 is 0 Å². The van der Waals surface area contributed by atoms with Crippen molar-refractivity contribution in [3.05, 3.63) is 17.5 Å². The molecule has 1 aromatic heterocycles. The normalized spacial score (nSPS) is 19.1. The van der Waals surface area contributed by atoms with Gasteiger partial charge in [-0.1, -0.05) is 0 Å². The lowest BCUT2D eigenvalue weighted by Crippen LogP contribution is -2.38. The maximum absolute atomic E-state index is 12.0. The molecular weight excluding hydrogens is 268 g/mol. The second-order valence-corrected chi connectivity index (χ2v) is 6.71. The summed E-state index contributed by atoms with van der Waals surface area (Å²) in [7, 11) is 1.93. The highest BCUT2D eigenvalue weighted by molar-refractivity contribution is 5.68. The van der Waals surface area contributed by atoms with E-state index in [1.54, 1.807) is 4.90 Å². The highest BCUT2D eigenvalue weighted by Gasteiger charge is 2.29. The number of rotatable bonds is 3. The summed E-state index contributed by atoms with van der Waals surface area (Å²) < 4.78 is 7.23. The quantitative estimate of drug-likeness (QED) is 0.924. The molecule has 0 spiro atoms. The second-order valence-electron chi connectivity index (χ2n) is 6.71. The van der Waals surface area contributed by atoms with Crippen molar-refractivity contribution < 1.29 is 9.53 Å². The molecule has 0 aliphatic carbocycles. The molecule has 1 amide bonds. The Balaban J connectivity index is 1.80. The number of likely N-dealkylation sites (tertiary alicyclic amines) is 1. The van der Waals surface area contributed by atoms with Gasteiger partial charge in [0.05, 0.1) is 5.69 Å². The molecule has 1 fully saturated rings. The van der Waals surface area contributed by atoms with Crippen molar-refractivity contribution in [1.82, 2.24) is 20.0 Å². The molecule has 2 rings (SSSR count). The zero-order valence-corrected chi connectivity index (χ0v) is 13.6. The minimum Gasteiger partial charge on any atom is -0.444 e. The van der Waals surface area contributed by atoms with Crippen molar-refractivity contribution in [2.45, 2.75) is 52.3 Å². The highest BCUT2D eigenvalue weighted by Crippen LogP contribution is 2.16. The van der Waals surface area contributed by atoms with Crippen LogP contribution in [0, 0.1) is 6.92 Å². The molecule has 1 N–H and O–H groups in total. The van der Waals surface area contributed by atoms with Crippen LogP contribution in [0.15, 0.2) is 6.20 Å². The highest BCUT2D eigenvalue weighted by atomic mass is 16.6. The molecule has 0 bridgehead atoms. The summed E-state index contributed by atoms with van der Waals surface area (Å²) in [5.41, 5.74) is 1.82. The molecule has 1 aliphatic rings. The van der Waals surface area contributed by atoms with Gasteiger partial charge in [-0.2, -0.15) is 5.10 Å². The number of carbonyl (C=O) groups is 1. The summed E-state index contributed by atoms with van der Waals surface area (Å²) in [6.45, 7) is 9.92. The second kappa shape index (κ2) is 6.05. The number of nitrogens with one attached hydrogen (secondary N) is 1. The Kier molecular flexibility index (Phi) is 4.56. The molecule has 6 nitrogen and oxygen atoms in total. The Morgan fingerprint density at radius 2 is 2.24 bits per heavy atom. The first kappa shape index (κ1) is 15.8. The molecule has 1 aromatic rings. The number of hydrogen-bond acceptors (Lipinski definition) is 4. The van der Waals surface area contributed by atoms with Crippen LogP contribution in [0.3, 0.4) is 0 Å². The van der Waals surface area contributed by atoms with Gasteiger partial charge < -0.3 is 15.0 Å². The topological polar surface area (TPSA) is 59.4 Å². The van der Waals surface area contributed by atoms with Gasteiger partial charge >= 0.3 is 6.09 Å². The fraction of sp³-hybridized carbons (Fsp3) is 0.733. The van der Waals surface area contributed by atoms with Gasteiger partial charge in [-0.15, -0.1) is 0 Å². The average Bonchev–Trinajstić information content (AvgIpc) is 2.91. The van der Waals surface area contributed by atoms with Crippen molar-refractivity contribution in [2.24, 2.45) is 7.05 Å². The predicted molar refractivity (Wildman–Crippen MR) is 81.0 cm³/mol. The molecule has 1 atom stereocenters. The first-order chi connectivity index (χ1) is 9.74. The van der Waals surface area contributed by atoms with Crippen LogP contribution in [-0.4, -0.2) is 45.5 Å². The Morgan fingerprint density at radius 3 is 2.81 bits per heavy atom. The summed E-state index contributed by atoms with van der Waals surface area (Å²) in [6, 6.07) is 0.317. The maximum atomic E-state index is 12.0. The van der Waals surface area contributed by atoms with Gasteiger partial charge in [0.25, 0.3) is 0 Å². The Labute approximate surface area is 126 Å². The zero-order valence-electron chi connectivity index (χ0n) is 13.6. The average molecular weight is 294 g/mol. The molecule has 21 heavy (non-hydrogen) atoms. The molecule has 6 heteroatoms. The first-order valence-corrected chi connectivity index (χ1v) is 7.45. The van der Waals surface area contributed by atoms with Crippen molar-refractivity contribution in [3.63, 3.8) is 0 Å². The molecular formula is C15H26N4O2. The van der Waals surface area contributed by atoms with E-state index in [2.05, 4.69) is 10.4 Å². The summed E-state index contributed by atoms with van der Waals surface area (Å²) in [6.07, 6.45) is 2.77. The van der Waals surface area contributed by atoms with Crippen LogP contribution < -0.4 is 5.32 Å². The number of aromatic nitrogens is 2. The van der Waals surface area contributed by atoms with Gasteiger partial charge in [0.15, 0.2) is 0 Å². The lowest BCUT2D eigenvalue weighted by Gasteiger charge is -2.24. The lowest BCUT2D eigenvalue weighted by molar-refractivity contribution is 0.0291. The van der Waals surface area contributed by atoms with Crippen molar-refractivity contribution in [2.75, 3.05) is 13.1 Å². The van der Waals surface area contributed by atoms with Crippen LogP contribution in [0.5, 0.6) is 0 Å². The maximum Gasteiger partial charge on any atom is 0.410 e. The third kappa shape index (κ3) is 4.46. The first-order valence-electron chi connectivity index (χ1n) is 7.45. The number of ether oxygens (including phenoxy) is 1. The number of carbonyl (C=O) groups excluding carboxylic acids is 1. The summed E-state index contributed by atoms with van der Waals surface area (Å²) in [5, 5.41) is 7.83. The third-order valence-electron chi connectivity index (χ3n) is 3.54. The van der Waals surface area contributed by atoms with E-state index in [0.29, 0.717) is 12.6 Å². The van der Waals surface area contributed by atoms with Crippen LogP contribution in [0.25, 0.3) is 0 Å². The molecule has 1 saturated heterocycles. The van der Waals surface area contributed by atoms with Gasteiger partial charge in [0, 0.05) is 44.5 Å². The Morgan fingerprint density at radius 1 is 1.52 bits per heavy atom. The Bertz CT molecular complexity index is 504. The molecule has 1 unspecified atom stereocenters. The van der Waals surface area contributed by atoms with Crippen LogP contribution in [0.1, 0.15) is 38.4 Å². The predicted octanol–water partition coefficient (Wildman–Crippen LogP) is 1.83. The minimum absolute atomic E-state index is 0.218. The number of aryl methyl sites for hydroxylation is 2. The molecule has 0 radical (unpaired) electrons. The van der Waals surface area contributed by atoms with Gasteiger partial charge in [0.1, 0.15) is 5.60 Å². The SMILES string of the molecule is Cc1nn(C)cc1CNC1CCN(C(=O)OC(C)(C)C)C1. The van der Waals surface area contributed by atoms with Crippen molar-refractivity contribution in [3.8, 4) is 0 Å². The van der Waals surface area contributed by atoms with Gasteiger partial charge in [-0.3, -0.25) is 4.68 Å². The smallest absolute Gasteiger partial charge is 0.410 e. The zero-order chi connectivity index (χ0) is 15.6. The van der Waals surface area contributed by atoms with E-state index < -0.39 is 5.60 Å². The Hall–Kier alpha value is -1.56. The van der Waals surface area contributed by atoms with Gasteiger partial charge in [0.2, 0.25) is 0 Å². The number of nitrogens with zero attached hydrogens (tertiary/aromatic N) is 3. The summed E-state index contributed by atoms with van der Waals surface area (Å²) >= 11 is 0. The minimum atomic E-state index is -0.435. The van der Waals surface area contributed by atoms with Crippen LogP contribution in [0.4, 0.5) is 4.79 Å². The van der Waals surface area contributed by atoms with E-state index in [0.717, 1.165) is 25.2 Å². The van der Waals surface area contributed by atoms with Crippen LogP contribution in [0.2, 0.25) is 0 Å². The van der Waals surface area contributed by atoms with Gasteiger partial charge in [-0.25, -0.2) is 4.79 Å². The van der Waals surface area contributed by atoms with E-state index in [-0.39, 0.29) is 6.09 Å². The van der Waals surface area contributed by atoms with E-state index in [9.17, 15) is 4.79 Å². The van der Waals surface area contributed by atoms with E-state index in [1.807, 2.05) is 45.6 Å². The molecule has 0 saturated carbocycles. The van der Waals surface area contributed by atoms with Crippen molar-refractivity contribution >= 4 is 6.09 Å². The summed E-state index contributed by atoms with van der Waals surface area (Å²) in [5.74, 6) is 0. The van der Waals surface area contributed by atoms with E-state index >= 15 is 0 Å². The molecule has 118 valence electrons. The van der Waals surface area contributed by atoms with E-state index in [1.165, 1.54) is 5.56 Å². The number of amides is 1. The fourth-order valence-electron chi connectivity index (χ4n) is 2.50. The van der Waals surface area contributed by atoms with E-state index in [4.69, 9.17) is 4.74 Å².